The zero-order chi connectivity index (χ0) is 20.4. The number of fused-ring (bicyclic) bond motifs is 1. The van der Waals surface area contributed by atoms with E-state index in [0.717, 1.165) is 17.0 Å². The number of rotatable bonds is 3. The number of H-pyrrole nitrogens is 1. The number of nitrogens with zero attached hydrogens (tertiary/aromatic N) is 3. The summed E-state index contributed by atoms with van der Waals surface area (Å²) in [4.78, 5) is 24.5. The largest absolute Gasteiger partial charge is 0.446 e. The normalized spacial score (nSPS) is 15.6. The molecule has 152 valence electrons. The van der Waals surface area contributed by atoms with Crippen molar-refractivity contribution < 1.29 is 18.0 Å². The van der Waals surface area contributed by atoms with Gasteiger partial charge in [0.15, 0.2) is 0 Å². The third kappa shape index (κ3) is 4.50. The Balaban J connectivity index is 1.49. The fraction of sp³-hybridized carbons (Fsp3) is 0.300. The Morgan fingerprint density at radius 1 is 1.00 bits per heavy atom. The summed E-state index contributed by atoms with van der Waals surface area (Å²) in [6, 6.07) is 13.6. The molecule has 9 heteroatoms. The van der Waals surface area contributed by atoms with Crippen LogP contribution in [-0.4, -0.2) is 52.5 Å². The van der Waals surface area contributed by atoms with E-state index in [-0.39, 0.29) is 28.1 Å². The molecule has 0 bridgehead atoms. The predicted molar refractivity (Wildman–Crippen MR) is 107 cm³/mol. The molecule has 0 spiro atoms. The maximum atomic E-state index is 12.9. The van der Waals surface area contributed by atoms with Gasteiger partial charge in [0.25, 0.3) is 5.91 Å². The average molecular weight is 420 g/mol. The van der Waals surface area contributed by atoms with E-state index in [1.54, 1.807) is 11.0 Å². The molecular formula is C20H19F3N4OS. The topological polar surface area (TPSA) is 52.2 Å². The highest BCUT2D eigenvalue weighted by atomic mass is 32.2. The van der Waals surface area contributed by atoms with Gasteiger partial charge < -0.3 is 14.8 Å². The predicted octanol–water partition coefficient (Wildman–Crippen LogP) is 4.53. The van der Waals surface area contributed by atoms with Crippen LogP contribution in [0.15, 0.2) is 53.4 Å². The van der Waals surface area contributed by atoms with Gasteiger partial charge in [-0.2, -0.15) is 13.2 Å². The van der Waals surface area contributed by atoms with Crippen molar-refractivity contribution >= 4 is 34.7 Å². The molecule has 5 nitrogen and oxygen atoms in total. The number of benzene rings is 2. The Morgan fingerprint density at radius 2 is 1.76 bits per heavy atom. The van der Waals surface area contributed by atoms with Gasteiger partial charge in [0.1, 0.15) is 0 Å². The molecule has 0 atom stereocenters. The Morgan fingerprint density at radius 3 is 2.55 bits per heavy atom. The highest BCUT2D eigenvalue weighted by molar-refractivity contribution is 8.00. The van der Waals surface area contributed by atoms with E-state index in [2.05, 4.69) is 14.9 Å². The molecule has 0 radical (unpaired) electrons. The van der Waals surface area contributed by atoms with E-state index in [1.165, 1.54) is 18.2 Å². The Labute approximate surface area is 169 Å². The number of aromatic nitrogens is 2. The van der Waals surface area contributed by atoms with Crippen molar-refractivity contribution in [2.75, 3.05) is 31.1 Å². The van der Waals surface area contributed by atoms with Gasteiger partial charge >= 0.3 is 5.51 Å². The molecule has 2 aromatic carbocycles. The van der Waals surface area contributed by atoms with Crippen molar-refractivity contribution in [3.8, 4) is 0 Å². The van der Waals surface area contributed by atoms with Crippen LogP contribution in [-0.2, 0) is 0 Å². The smallest absolute Gasteiger partial charge is 0.341 e. The molecule has 1 N–H and O–H groups in total. The summed E-state index contributed by atoms with van der Waals surface area (Å²) in [5, 5.41) is 0. The molecule has 1 amide bonds. The van der Waals surface area contributed by atoms with Crippen LogP contribution in [0.1, 0.15) is 16.8 Å². The van der Waals surface area contributed by atoms with Crippen LogP contribution in [0.4, 0.5) is 19.1 Å². The molecule has 0 aliphatic carbocycles. The molecule has 29 heavy (non-hydrogen) atoms. The van der Waals surface area contributed by atoms with Gasteiger partial charge in [-0.05, 0) is 42.4 Å². The van der Waals surface area contributed by atoms with Crippen molar-refractivity contribution in [1.29, 1.82) is 0 Å². The second kappa shape index (κ2) is 7.98. The summed E-state index contributed by atoms with van der Waals surface area (Å²) >= 11 is -0.248. The van der Waals surface area contributed by atoms with E-state index in [0.29, 0.717) is 32.6 Å². The number of para-hydroxylation sites is 2. The van der Waals surface area contributed by atoms with Crippen molar-refractivity contribution in [2.24, 2.45) is 0 Å². The number of amides is 1. The minimum atomic E-state index is -4.44. The summed E-state index contributed by atoms with van der Waals surface area (Å²) in [6.45, 7) is 2.17. The molecular weight excluding hydrogens is 401 g/mol. The average Bonchev–Trinajstić information content (AvgIpc) is 2.96. The van der Waals surface area contributed by atoms with Gasteiger partial charge in [-0.25, -0.2) is 4.98 Å². The second-order valence-electron chi connectivity index (χ2n) is 6.75. The van der Waals surface area contributed by atoms with Crippen LogP contribution in [0.3, 0.4) is 0 Å². The number of carbonyl (C=O) groups is 1. The van der Waals surface area contributed by atoms with Gasteiger partial charge in [-0.3, -0.25) is 4.79 Å². The maximum absolute atomic E-state index is 12.9. The molecule has 1 aromatic heterocycles. The van der Waals surface area contributed by atoms with Gasteiger partial charge in [-0.1, -0.05) is 24.3 Å². The molecule has 4 rings (SSSR count). The van der Waals surface area contributed by atoms with Crippen LogP contribution < -0.4 is 4.90 Å². The van der Waals surface area contributed by atoms with Crippen LogP contribution in [0.25, 0.3) is 11.0 Å². The number of anilines is 1. The van der Waals surface area contributed by atoms with E-state index in [4.69, 9.17) is 0 Å². The van der Waals surface area contributed by atoms with Gasteiger partial charge in [-0.15, -0.1) is 0 Å². The summed E-state index contributed by atoms with van der Waals surface area (Å²) in [6.07, 6.45) is 0.706. The highest BCUT2D eigenvalue weighted by Gasteiger charge is 2.32. The Kier molecular flexibility index (Phi) is 5.40. The monoisotopic (exact) mass is 420 g/mol. The third-order valence-corrected chi connectivity index (χ3v) is 5.61. The lowest BCUT2D eigenvalue weighted by Crippen LogP contribution is -2.35. The number of imidazole rings is 1. The first-order valence-electron chi connectivity index (χ1n) is 9.24. The molecule has 1 aliphatic heterocycles. The van der Waals surface area contributed by atoms with Crippen molar-refractivity contribution in [2.45, 2.75) is 16.8 Å². The van der Waals surface area contributed by atoms with Crippen LogP contribution >= 0.6 is 11.8 Å². The van der Waals surface area contributed by atoms with E-state index in [1.807, 2.05) is 24.3 Å². The number of hydrogen-bond acceptors (Lipinski definition) is 4. The van der Waals surface area contributed by atoms with Crippen LogP contribution in [0, 0.1) is 0 Å². The zero-order valence-electron chi connectivity index (χ0n) is 15.4. The SMILES string of the molecule is O=C(c1ccccc1SC(F)(F)F)N1CCCN(c2nc3ccccc3[nH]2)CC1. The number of alkyl halides is 3. The Bertz CT molecular complexity index is 987. The number of carbonyl (C=O) groups excluding carboxylic acids is 1. The van der Waals surface area contributed by atoms with Crippen molar-refractivity contribution in [3.63, 3.8) is 0 Å². The molecule has 1 aliphatic rings. The van der Waals surface area contributed by atoms with Crippen LogP contribution in [0.5, 0.6) is 0 Å². The zero-order valence-corrected chi connectivity index (χ0v) is 16.3. The van der Waals surface area contributed by atoms with E-state index in [9.17, 15) is 18.0 Å². The van der Waals surface area contributed by atoms with Gasteiger partial charge in [0.05, 0.1) is 16.6 Å². The lowest BCUT2D eigenvalue weighted by molar-refractivity contribution is -0.0328. The fourth-order valence-corrected chi connectivity index (χ4v) is 4.11. The lowest BCUT2D eigenvalue weighted by Gasteiger charge is -2.23. The highest BCUT2D eigenvalue weighted by Crippen LogP contribution is 2.38. The number of hydrogen-bond donors (Lipinski definition) is 1. The number of aromatic amines is 1. The first kappa shape index (κ1) is 19.6. The quantitative estimate of drug-likeness (QED) is 0.633. The second-order valence-corrected chi connectivity index (χ2v) is 7.86. The summed E-state index contributed by atoms with van der Waals surface area (Å²) in [5.74, 6) is 0.373. The number of halogens is 3. The number of nitrogens with one attached hydrogen (secondary N) is 1. The first-order valence-corrected chi connectivity index (χ1v) is 10.1. The minimum absolute atomic E-state index is 0.0663. The lowest BCUT2D eigenvalue weighted by atomic mass is 10.2. The van der Waals surface area contributed by atoms with E-state index >= 15 is 0 Å². The third-order valence-electron chi connectivity index (χ3n) is 4.80. The Hall–Kier alpha value is -2.68. The minimum Gasteiger partial charge on any atom is -0.341 e. The van der Waals surface area contributed by atoms with Crippen molar-refractivity contribution in [3.05, 3.63) is 54.1 Å². The standard InChI is InChI=1S/C20H19F3N4OS/c21-20(22,23)29-17-9-4-1-6-14(17)18(28)26-10-5-11-27(13-12-26)19-24-15-7-2-3-8-16(15)25-19/h1-4,6-9H,5,10-13H2,(H,24,25). The van der Waals surface area contributed by atoms with Gasteiger partial charge in [0.2, 0.25) is 5.95 Å². The molecule has 2 heterocycles. The number of thioether (sulfide) groups is 1. The van der Waals surface area contributed by atoms with Gasteiger partial charge in [0, 0.05) is 31.1 Å². The summed E-state index contributed by atoms with van der Waals surface area (Å²) < 4.78 is 38.5. The summed E-state index contributed by atoms with van der Waals surface area (Å²) in [7, 11) is 0. The maximum Gasteiger partial charge on any atom is 0.446 e. The fourth-order valence-electron chi connectivity index (χ4n) is 3.45. The molecule has 3 aromatic rings. The first-order chi connectivity index (χ1) is 13.9. The molecule has 0 unspecified atom stereocenters. The molecule has 0 saturated carbocycles. The van der Waals surface area contributed by atoms with Crippen LogP contribution in [0.2, 0.25) is 0 Å². The molecule has 1 fully saturated rings. The van der Waals surface area contributed by atoms with E-state index < -0.39 is 5.51 Å². The summed E-state index contributed by atoms with van der Waals surface area (Å²) in [5.41, 5.74) is -2.53. The van der Waals surface area contributed by atoms with Crippen molar-refractivity contribution in [1.82, 2.24) is 14.9 Å². The molecule has 1 saturated heterocycles.